The van der Waals surface area contributed by atoms with Crippen LogP contribution in [0.15, 0.2) is 24.3 Å². The van der Waals surface area contributed by atoms with E-state index < -0.39 is 39.2 Å². The highest BCUT2D eigenvalue weighted by atomic mass is 32.2. The van der Waals surface area contributed by atoms with E-state index in [2.05, 4.69) is 0 Å². The number of amides is 1. The number of aliphatic carboxylic acids is 1. The summed E-state index contributed by atoms with van der Waals surface area (Å²) in [6, 6.07) is 4.73. The molecule has 128 valence electrons. The zero-order valence-corrected chi connectivity index (χ0v) is 14.3. The molecular weight excluding hydrogens is 322 g/mol. The smallest absolute Gasteiger partial charge is 0.327 e. The minimum atomic E-state index is -4.58. The van der Waals surface area contributed by atoms with Gasteiger partial charge in [0, 0.05) is 11.1 Å². The van der Waals surface area contributed by atoms with Crippen molar-refractivity contribution in [3.63, 3.8) is 0 Å². The number of carboxylic acids is 1. The lowest BCUT2D eigenvalue weighted by atomic mass is 9.93. The Hall–Kier alpha value is -1.93. The van der Waals surface area contributed by atoms with Crippen LogP contribution in [0.25, 0.3) is 0 Å². The highest BCUT2D eigenvalue weighted by Crippen LogP contribution is 2.26. The van der Waals surface area contributed by atoms with Crippen LogP contribution in [0, 0.1) is 12.3 Å². The molecular formula is C15H21NO6S. The van der Waals surface area contributed by atoms with Gasteiger partial charge in [0.25, 0.3) is 10.1 Å². The van der Waals surface area contributed by atoms with Crippen molar-refractivity contribution in [1.82, 2.24) is 0 Å². The molecule has 0 aliphatic heterocycles. The summed E-state index contributed by atoms with van der Waals surface area (Å²) in [5.74, 6) is -3.16. The fraction of sp³-hybridized carbons (Fsp3) is 0.467. The Morgan fingerprint density at radius 2 is 1.65 bits per heavy atom. The minimum absolute atomic E-state index is 0.256. The van der Waals surface area contributed by atoms with E-state index in [-0.39, 0.29) is 5.69 Å². The molecule has 1 amide bonds. The first kappa shape index (κ1) is 19.1. The van der Waals surface area contributed by atoms with Crippen molar-refractivity contribution in [3.8, 4) is 0 Å². The van der Waals surface area contributed by atoms with Gasteiger partial charge in [-0.15, -0.1) is 0 Å². The summed E-state index contributed by atoms with van der Waals surface area (Å²) < 4.78 is 31.4. The van der Waals surface area contributed by atoms with Crippen LogP contribution in [-0.4, -0.2) is 41.7 Å². The number of aryl methyl sites for hydroxylation is 1. The maximum Gasteiger partial charge on any atom is 0.327 e. The lowest BCUT2D eigenvalue weighted by Crippen LogP contribution is -2.52. The molecule has 0 aliphatic rings. The highest BCUT2D eigenvalue weighted by Gasteiger charge is 2.38. The van der Waals surface area contributed by atoms with Gasteiger partial charge in [0.05, 0.1) is 0 Å². The molecule has 0 fully saturated rings. The van der Waals surface area contributed by atoms with Crippen LogP contribution < -0.4 is 4.90 Å². The van der Waals surface area contributed by atoms with Crippen molar-refractivity contribution in [2.75, 3.05) is 10.7 Å². The van der Waals surface area contributed by atoms with Gasteiger partial charge in [-0.1, -0.05) is 38.5 Å². The SMILES string of the molecule is Cc1ccc(N(C(=O)C(C)(C)C)[C@@H](CS(=O)(=O)O)C(=O)O)cc1. The molecule has 8 heteroatoms. The van der Waals surface area contributed by atoms with Gasteiger partial charge < -0.3 is 5.11 Å². The lowest BCUT2D eigenvalue weighted by molar-refractivity contribution is -0.140. The van der Waals surface area contributed by atoms with Crippen LogP contribution in [0.4, 0.5) is 5.69 Å². The molecule has 0 saturated carbocycles. The Morgan fingerprint density at radius 3 is 2.00 bits per heavy atom. The predicted octanol–water partition coefficient (Wildman–Crippen LogP) is 1.72. The maximum atomic E-state index is 12.7. The first-order chi connectivity index (χ1) is 10.3. The molecule has 0 bridgehead atoms. The second kappa shape index (κ2) is 6.67. The standard InChI is InChI=1S/C15H21NO6S/c1-10-5-7-11(8-6-10)16(14(19)15(2,3)4)12(13(17)18)9-23(20,21)22/h5-8,12H,9H2,1-4H3,(H,17,18)(H,20,21,22)/t12-/m0/s1. The molecule has 7 nitrogen and oxygen atoms in total. The van der Waals surface area contributed by atoms with Gasteiger partial charge in [0.2, 0.25) is 5.91 Å². The van der Waals surface area contributed by atoms with Crippen molar-refractivity contribution in [2.24, 2.45) is 5.41 Å². The van der Waals surface area contributed by atoms with Crippen LogP contribution in [-0.2, 0) is 19.7 Å². The van der Waals surface area contributed by atoms with Crippen molar-refractivity contribution in [3.05, 3.63) is 29.8 Å². The number of hydrogen-bond acceptors (Lipinski definition) is 4. The van der Waals surface area contributed by atoms with E-state index in [0.29, 0.717) is 0 Å². The van der Waals surface area contributed by atoms with Gasteiger partial charge in [-0.2, -0.15) is 8.42 Å². The van der Waals surface area contributed by atoms with Gasteiger partial charge in [0.15, 0.2) is 6.04 Å². The third kappa shape index (κ3) is 5.33. The van der Waals surface area contributed by atoms with E-state index >= 15 is 0 Å². The molecule has 23 heavy (non-hydrogen) atoms. The van der Waals surface area contributed by atoms with E-state index in [9.17, 15) is 23.1 Å². The number of carbonyl (C=O) groups is 2. The number of nitrogens with zero attached hydrogens (tertiary/aromatic N) is 1. The van der Waals surface area contributed by atoms with E-state index in [1.165, 1.54) is 0 Å². The molecule has 1 aromatic rings. The number of anilines is 1. The third-order valence-electron chi connectivity index (χ3n) is 3.14. The summed E-state index contributed by atoms with van der Waals surface area (Å²) in [4.78, 5) is 25.1. The quantitative estimate of drug-likeness (QED) is 0.787. The van der Waals surface area contributed by atoms with Gasteiger partial charge in [-0.25, -0.2) is 4.79 Å². The molecule has 0 radical (unpaired) electrons. The first-order valence-electron chi connectivity index (χ1n) is 6.91. The van der Waals surface area contributed by atoms with E-state index in [0.717, 1.165) is 10.5 Å². The predicted molar refractivity (Wildman–Crippen MR) is 86.0 cm³/mol. The van der Waals surface area contributed by atoms with Gasteiger partial charge in [-0.3, -0.25) is 14.2 Å². The van der Waals surface area contributed by atoms with E-state index in [4.69, 9.17) is 4.55 Å². The Bertz CT molecular complexity index is 688. The average molecular weight is 343 g/mol. The van der Waals surface area contributed by atoms with E-state index in [1.54, 1.807) is 45.0 Å². The molecule has 2 N–H and O–H groups in total. The lowest BCUT2D eigenvalue weighted by Gasteiger charge is -2.33. The summed E-state index contributed by atoms with van der Waals surface area (Å²) in [7, 11) is -4.58. The summed E-state index contributed by atoms with van der Waals surface area (Å²) in [5.41, 5.74) is 0.225. The second-order valence-electron chi connectivity index (χ2n) is 6.36. The third-order valence-corrected chi connectivity index (χ3v) is 3.87. The average Bonchev–Trinajstić information content (AvgIpc) is 2.37. The molecule has 1 atom stereocenters. The van der Waals surface area contributed by atoms with Crippen LogP contribution in [0.1, 0.15) is 26.3 Å². The highest BCUT2D eigenvalue weighted by molar-refractivity contribution is 7.85. The summed E-state index contributed by atoms with van der Waals surface area (Å²) in [5, 5.41) is 9.37. The maximum absolute atomic E-state index is 12.7. The van der Waals surface area contributed by atoms with Crippen LogP contribution in [0.5, 0.6) is 0 Å². The van der Waals surface area contributed by atoms with Gasteiger partial charge in [0.1, 0.15) is 5.75 Å². The number of carbonyl (C=O) groups excluding carboxylic acids is 1. The number of hydrogen-bond donors (Lipinski definition) is 2. The largest absolute Gasteiger partial charge is 0.480 e. The fourth-order valence-corrected chi connectivity index (χ4v) is 2.65. The van der Waals surface area contributed by atoms with Crippen LogP contribution in [0.2, 0.25) is 0 Å². The Morgan fingerprint density at radius 1 is 1.17 bits per heavy atom. The van der Waals surface area contributed by atoms with Crippen LogP contribution in [0.3, 0.4) is 0 Å². The zero-order chi connectivity index (χ0) is 18.0. The summed E-state index contributed by atoms with van der Waals surface area (Å²) in [6.07, 6.45) is 0. The normalized spacial score (nSPS) is 13.4. The number of rotatable bonds is 5. The molecule has 0 aliphatic carbocycles. The number of benzene rings is 1. The Kier molecular flexibility index (Phi) is 5.55. The van der Waals surface area contributed by atoms with Gasteiger partial charge >= 0.3 is 5.97 Å². The van der Waals surface area contributed by atoms with Crippen molar-refractivity contribution >= 4 is 27.7 Å². The summed E-state index contributed by atoms with van der Waals surface area (Å²) in [6.45, 7) is 6.63. The van der Waals surface area contributed by atoms with Crippen molar-refractivity contribution in [1.29, 1.82) is 0 Å². The summed E-state index contributed by atoms with van der Waals surface area (Å²) >= 11 is 0. The van der Waals surface area contributed by atoms with Crippen molar-refractivity contribution in [2.45, 2.75) is 33.7 Å². The molecule has 0 spiro atoms. The van der Waals surface area contributed by atoms with E-state index in [1.807, 2.05) is 6.92 Å². The zero-order valence-electron chi connectivity index (χ0n) is 13.5. The van der Waals surface area contributed by atoms with Crippen molar-refractivity contribution < 1.29 is 27.7 Å². The molecule has 0 heterocycles. The minimum Gasteiger partial charge on any atom is -0.480 e. The number of carboxylic acid groups (broad SMARTS) is 1. The monoisotopic (exact) mass is 343 g/mol. The Balaban J connectivity index is 3.45. The molecule has 0 aromatic heterocycles. The second-order valence-corrected chi connectivity index (χ2v) is 7.86. The first-order valence-corrected chi connectivity index (χ1v) is 8.52. The molecule has 0 saturated heterocycles. The molecule has 1 rings (SSSR count). The van der Waals surface area contributed by atoms with Gasteiger partial charge in [-0.05, 0) is 19.1 Å². The fourth-order valence-electron chi connectivity index (χ4n) is 1.96. The Labute approximate surface area is 135 Å². The topological polar surface area (TPSA) is 112 Å². The van der Waals surface area contributed by atoms with Crippen LogP contribution >= 0.6 is 0 Å². The molecule has 0 unspecified atom stereocenters. The molecule has 1 aromatic carbocycles.